The predicted octanol–water partition coefficient (Wildman–Crippen LogP) is 13.6. The van der Waals surface area contributed by atoms with Crippen LogP contribution in [0.5, 0.6) is 0 Å². The van der Waals surface area contributed by atoms with Crippen LogP contribution < -0.4 is 6.15 Å². The lowest BCUT2D eigenvalue weighted by Gasteiger charge is -2.38. The molecule has 6 nitrogen and oxygen atoms in total. The van der Waals surface area contributed by atoms with E-state index in [1.54, 1.807) is 6.92 Å². The first-order valence-corrected chi connectivity index (χ1v) is 21.7. The SMILES string of the molecule is CCCCCCCC/C=C\CCCCCCCC(=O)OC(C(C)Br)C(C)(CCO)OC(=O)CCCCCCC/C=C\CCCCCCCC.N. The molecule has 0 aliphatic rings. The second-order valence-corrected chi connectivity index (χ2v) is 16.0. The van der Waals surface area contributed by atoms with Crippen molar-refractivity contribution in [3.63, 3.8) is 0 Å². The van der Waals surface area contributed by atoms with Gasteiger partial charge in [-0.1, -0.05) is 157 Å². The second-order valence-electron chi connectivity index (χ2n) is 14.5. The lowest BCUT2D eigenvalue weighted by Crippen LogP contribution is -2.50. The monoisotopic (exact) mass is 772 g/mol. The summed E-state index contributed by atoms with van der Waals surface area (Å²) in [5, 5.41) is 9.79. The summed E-state index contributed by atoms with van der Waals surface area (Å²) in [5.41, 5.74) is -1.09. The molecule has 3 unspecified atom stereocenters. The van der Waals surface area contributed by atoms with Crippen molar-refractivity contribution in [2.75, 3.05) is 6.61 Å². The van der Waals surface area contributed by atoms with Crippen molar-refractivity contribution < 1.29 is 24.2 Å². The number of carbonyl (C=O) groups is 2. The quantitative estimate of drug-likeness (QED) is 0.0284. The van der Waals surface area contributed by atoms with Gasteiger partial charge in [-0.25, -0.2) is 0 Å². The summed E-state index contributed by atoms with van der Waals surface area (Å²) < 4.78 is 11.8. The number of allylic oxidation sites excluding steroid dienone is 4. The molecular formula is C43H82BrNO5. The summed E-state index contributed by atoms with van der Waals surface area (Å²) in [6.45, 7) is 8.04. The Labute approximate surface area is 318 Å². The van der Waals surface area contributed by atoms with Gasteiger partial charge >= 0.3 is 11.9 Å². The van der Waals surface area contributed by atoms with Crippen LogP contribution in [0.2, 0.25) is 0 Å². The molecule has 0 aliphatic heterocycles. The Balaban J connectivity index is 0. The van der Waals surface area contributed by atoms with Crippen molar-refractivity contribution in [3.05, 3.63) is 24.3 Å². The molecule has 0 bridgehead atoms. The van der Waals surface area contributed by atoms with E-state index in [9.17, 15) is 14.7 Å². The van der Waals surface area contributed by atoms with E-state index in [2.05, 4.69) is 54.1 Å². The topological polar surface area (TPSA) is 108 Å². The van der Waals surface area contributed by atoms with Crippen molar-refractivity contribution in [1.82, 2.24) is 6.15 Å². The van der Waals surface area contributed by atoms with Gasteiger partial charge in [0.2, 0.25) is 0 Å². The summed E-state index contributed by atoms with van der Waals surface area (Å²) in [7, 11) is 0. The minimum absolute atomic E-state index is 0. The van der Waals surface area contributed by atoms with Crippen molar-refractivity contribution in [2.24, 2.45) is 0 Å². The van der Waals surface area contributed by atoms with Gasteiger partial charge in [0.25, 0.3) is 0 Å². The fourth-order valence-electron chi connectivity index (χ4n) is 6.37. The zero-order valence-corrected chi connectivity index (χ0v) is 34.9. The fourth-order valence-corrected chi connectivity index (χ4v) is 7.04. The molecule has 0 rings (SSSR count). The highest BCUT2D eigenvalue weighted by molar-refractivity contribution is 9.09. The van der Waals surface area contributed by atoms with E-state index in [4.69, 9.17) is 9.47 Å². The van der Waals surface area contributed by atoms with Gasteiger partial charge in [0.1, 0.15) is 5.60 Å². The number of esters is 2. The van der Waals surface area contributed by atoms with Gasteiger partial charge in [-0.15, -0.1) is 0 Å². The van der Waals surface area contributed by atoms with Gasteiger partial charge < -0.3 is 20.7 Å². The predicted molar refractivity (Wildman–Crippen MR) is 218 cm³/mol. The number of ether oxygens (including phenoxy) is 2. The van der Waals surface area contributed by atoms with Gasteiger partial charge in [-0.3, -0.25) is 9.59 Å². The van der Waals surface area contributed by atoms with E-state index in [-0.39, 0.29) is 35.9 Å². The molecule has 4 N–H and O–H groups in total. The number of hydrogen-bond acceptors (Lipinski definition) is 6. The molecule has 0 aromatic carbocycles. The number of unbranched alkanes of at least 4 members (excludes halogenated alkanes) is 22. The van der Waals surface area contributed by atoms with E-state index < -0.39 is 11.7 Å². The molecular weight excluding hydrogens is 690 g/mol. The summed E-state index contributed by atoms with van der Waals surface area (Å²) in [6.07, 6.45) is 41.0. The average Bonchev–Trinajstić information content (AvgIpc) is 3.07. The molecule has 0 saturated heterocycles. The van der Waals surface area contributed by atoms with E-state index in [1.807, 2.05) is 6.92 Å². The first-order valence-electron chi connectivity index (χ1n) is 20.8. The van der Waals surface area contributed by atoms with E-state index in [1.165, 1.54) is 116 Å². The largest absolute Gasteiger partial charge is 0.457 e. The number of halogens is 1. The van der Waals surface area contributed by atoms with Crippen molar-refractivity contribution in [1.29, 1.82) is 0 Å². The molecule has 7 heteroatoms. The number of hydrogen-bond donors (Lipinski definition) is 2. The standard InChI is InChI=1S/C43H79BrO5.H3N/c1-5-7-9-11-13-15-17-19-21-23-25-27-29-31-33-35-40(46)48-42(39(3)44)43(4,37-38-45)49-41(47)36-34-32-30-28-26-24-22-20-18-16-14-12-10-8-6-2;/h19-22,39,42,45H,5-18,23-38H2,1-4H3;1H3/b21-19-,22-20-;. The minimum atomic E-state index is -1.09. The van der Waals surface area contributed by atoms with Crippen LogP contribution in [-0.2, 0) is 19.1 Å². The Hall–Kier alpha value is -1.18. The summed E-state index contributed by atoms with van der Waals surface area (Å²) >= 11 is 3.58. The van der Waals surface area contributed by atoms with Crippen molar-refractivity contribution >= 4 is 27.9 Å². The maximum Gasteiger partial charge on any atom is 0.306 e. The lowest BCUT2D eigenvalue weighted by atomic mass is 9.92. The molecule has 0 aromatic rings. The lowest BCUT2D eigenvalue weighted by molar-refractivity contribution is -0.186. The number of aliphatic hydroxyl groups excluding tert-OH is 1. The van der Waals surface area contributed by atoms with Crippen LogP contribution in [0.15, 0.2) is 24.3 Å². The van der Waals surface area contributed by atoms with Gasteiger partial charge in [-0.2, -0.15) is 0 Å². The highest BCUT2D eigenvalue weighted by Crippen LogP contribution is 2.30. The molecule has 0 aliphatic carbocycles. The van der Waals surface area contributed by atoms with Crippen molar-refractivity contribution in [2.45, 2.75) is 230 Å². The normalized spacial score (nSPS) is 14.0. The Morgan fingerprint density at radius 2 is 0.940 bits per heavy atom. The van der Waals surface area contributed by atoms with Gasteiger partial charge in [0.05, 0.1) is 4.83 Å². The zero-order valence-electron chi connectivity index (χ0n) is 33.3. The fraction of sp³-hybridized carbons (Fsp3) is 0.860. The first kappa shape index (κ1) is 50.9. The smallest absolute Gasteiger partial charge is 0.306 e. The highest BCUT2D eigenvalue weighted by Gasteiger charge is 2.43. The third kappa shape index (κ3) is 31.5. The van der Waals surface area contributed by atoms with Crippen LogP contribution in [-0.4, -0.2) is 40.2 Å². The maximum absolute atomic E-state index is 12.8. The van der Waals surface area contributed by atoms with Crippen LogP contribution in [0.4, 0.5) is 0 Å². The zero-order chi connectivity index (χ0) is 36.3. The van der Waals surface area contributed by atoms with Crippen LogP contribution >= 0.6 is 15.9 Å². The molecule has 0 spiro atoms. The third-order valence-corrected chi connectivity index (χ3v) is 10.00. The summed E-state index contributed by atoms with van der Waals surface area (Å²) in [5.74, 6) is -0.563. The number of rotatable bonds is 36. The summed E-state index contributed by atoms with van der Waals surface area (Å²) in [6, 6.07) is 0. The molecule has 0 amide bonds. The Kier molecular flexibility index (Phi) is 38.3. The van der Waals surface area contributed by atoms with Gasteiger partial charge in [0, 0.05) is 25.9 Å². The van der Waals surface area contributed by atoms with Crippen LogP contribution in [0.3, 0.4) is 0 Å². The second kappa shape index (κ2) is 37.6. The summed E-state index contributed by atoms with van der Waals surface area (Å²) in [4.78, 5) is 25.4. The van der Waals surface area contributed by atoms with E-state index in [0.29, 0.717) is 12.8 Å². The first-order chi connectivity index (χ1) is 23.8. The maximum atomic E-state index is 12.8. The average molecular weight is 773 g/mol. The van der Waals surface area contributed by atoms with E-state index >= 15 is 0 Å². The Bertz CT molecular complexity index is 817. The number of alkyl halides is 1. The minimum Gasteiger partial charge on any atom is -0.457 e. The van der Waals surface area contributed by atoms with Gasteiger partial charge in [0.15, 0.2) is 6.10 Å². The Morgan fingerprint density at radius 3 is 1.30 bits per heavy atom. The van der Waals surface area contributed by atoms with Crippen LogP contribution in [0, 0.1) is 0 Å². The van der Waals surface area contributed by atoms with Gasteiger partial charge in [-0.05, 0) is 78.1 Å². The molecule has 296 valence electrons. The Morgan fingerprint density at radius 1 is 0.600 bits per heavy atom. The van der Waals surface area contributed by atoms with Crippen LogP contribution in [0.1, 0.15) is 214 Å². The highest BCUT2D eigenvalue weighted by atomic mass is 79.9. The third-order valence-electron chi connectivity index (χ3n) is 9.52. The molecule has 0 aromatic heterocycles. The molecule has 3 atom stereocenters. The molecule has 50 heavy (non-hydrogen) atoms. The molecule has 0 radical (unpaired) electrons. The molecule has 0 heterocycles. The number of carbonyl (C=O) groups excluding carboxylic acids is 2. The molecule has 0 fully saturated rings. The van der Waals surface area contributed by atoms with E-state index in [0.717, 1.165) is 51.4 Å². The molecule has 0 saturated carbocycles. The number of aliphatic hydroxyl groups is 1. The van der Waals surface area contributed by atoms with Crippen molar-refractivity contribution in [3.8, 4) is 0 Å². The van der Waals surface area contributed by atoms with Crippen LogP contribution in [0.25, 0.3) is 0 Å².